The van der Waals surface area contributed by atoms with Crippen LogP contribution < -0.4 is 0 Å². The van der Waals surface area contributed by atoms with Gasteiger partial charge in [-0.1, -0.05) is 66.2 Å². The number of allylic oxidation sites excluding steroid dienone is 1. The summed E-state index contributed by atoms with van der Waals surface area (Å²) in [6, 6.07) is 9.75. The topological polar surface area (TPSA) is 40.6 Å². The highest BCUT2D eigenvalue weighted by Crippen LogP contribution is 2.41. The molecule has 144 valence electrons. The summed E-state index contributed by atoms with van der Waals surface area (Å²) in [6.07, 6.45) is 5.38. The van der Waals surface area contributed by atoms with E-state index in [9.17, 15) is 9.59 Å². The summed E-state index contributed by atoms with van der Waals surface area (Å²) in [7, 11) is 0. The number of carbonyl (C=O) groups is 2. The van der Waals surface area contributed by atoms with Crippen molar-refractivity contribution in [1.82, 2.24) is 9.80 Å². The van der Waals surface area contributed by atoms with E-state index in [1.807, 2.05) is 40.1 Å². The van der Waals surface area contributed by atoms with Crippen molar-refractivity contribution in [3.05, 3.63) is 59.1 Å². The lowest BCUT2D eigenvalue weighted by Gasteiger charge is -2.54. The molecule has 27 heavy (non-hydrogen) atoms. The van der Waals surface area contributed by atoms with Gasteiger partial charge in [0, 0.05) is 31.6 Å². The monoisotopic (exact) mass is 406 g/mol. The quantitative estimate of drug-likeness (QED) is 0.690. The number of amides is 2. The van der Waals surface area contributed by atoms with Crippen LogP contribution in [0.3, 0.4) is 0 Å². The molecule has 1 spiro atoms. The van der Waals surface area contributed by atoms with E-state index in [0.29, 0.717) is 6.42 Å². The van der Waals surface area contributed by atoms with Crippen molar-refractivity contribution in [2.45, 2.75) is 25.2 Å². The van der Waals surface area contributed by atoms with Gasteiger partial charge in [-0.15, -0.1) is 0 Å². The summed E-state index contributed by atoms with van der Waals surface area (Å²) in [5.74, 6) is -0.179. The first kappa shape index (κ1) is 20.0. The molecule has 2 amide bonds. The van der Waals surface area contributed by atoms with Crippen LogP contribution in [-0.2, 0) is 9.59 Å². The van der Waals surface area contributed by atoms with Crippen molar-refractivity contribution in [3.63, 3.8) is 0 Å². The lowest BCUT2D eigenvalue weighted by atomic mass is 9.71. The summed E-state index contributed by atoms with van der Waals surface area (Å²) in [5.41, 5.74) is 1.14. The maximum absolute atomic E-state index is 13.2. The minimum atomic E-state index is -0.284. The Kier molecular flexibility index (Phi) is 6.28. The maximum atomic E-state index is 13.2. The van der Waals surface area contributed by atoms with Gasteiger partial charge >= 0.3 is 0 Å². The Morgan fingerprint density at radius 3 is 2.30 bits per heavy atom. The molecule has 6 heteroatoms. The molecule has 0 N–H and O–H groups in total. The molecule has 0 saturated carbocycles. The van der Waals surface area contributed by atoms with E-state index in [1.54, 1.807) is 6.08 Å². The predicted molar refractivity (Wildman–Crippen MR) is 109 cm³/mol. The highest BCUT2D eigenvalue weighted by Gasteiger charge is 2.47. The van der Waals surface area contributed by atoms with Gasteiger partial charge in [0.15, 0.2) is 0 Å². The Morgan fingerprint density at radius 2 is 1.74 bits per heavy atom. The summed E-state index contributed by atoms with van der Waals surface area (Å²) in [6.45, 7) is 6.52. The van der Waals surface area contributed by atoms with E-state index in [1.165, 1.54) is 6.08 Å². The number of likely N-dealkylation sites (tertiary alicyclic amines) is 2. The first-order chi connectivity index (χ1) is 12.9. The Morgan fingerprint density at radius 1 is 1.11 bits per heavy atom. The summed E-state index contributed by atoms with van der Waals surface area (Å²) >= 11 is 11.6. The number of carbonyl (C=O) groups excluding carboxylic acids is 2. The zero-order chi connectivity index (χ0) is 19.4. The van der Waals surface area contributed by atoms with Crippen molar-refractivity contribution >= 4 is 35.0 Å². The lowest BCUT2D eigenvalue weighted by Crippen LogP contribution is -2.62. The van der Waals surface area contributed by atoms with E-state index >= 15 is 0 Å². The van der Waals surface area contributed by atoms with E-state index in [2.05, 4.69) is 6.58 Å². The lowest BCUT2D eigenvalue weighted by molar-refractivity contribution is -0.146. The molecule has 4 nitrogen and oxygen atoms in total. The molecule has 0 radical (unpaired) electrons. The van der Waals surface area contributed by atoms with Gasteiger partial charge in [0.1, 0.15) is 4.49 Å². The van der Waals surface area contributed by atoms with Crippen LogP contribution in [0.1, 0.15) is 30.7 Å². The first-order valence-corrected chi connectivity index (χ1v) is 9.96. The average molecular weight is 407 g/mol. The van der Waals surface area contributed by atoms with Crippen LogP contribution in [0, 0.1) is 5.41 Å². The number of hydrogen-bond acceptors (Lipinski definition) is 2. The van der Waals surface area contributed by atoms with Crippen molar-refractivity contribution in [1.29, 1.82) is 0 Å². The summed E-state index contributed by atoms with van der Waals surface area (Å²) in [4.78, 5) is 28.6. The number of halogens is 2. The average Bonchev–Trinajstić information content (AvgIpc) is 2.66. The van der Waals surface area contributed by atoms with Gasteiger partial charge < -0.3 is 9.80 Å². The molecule has 0 aromatic heterocycles. The van der Waals surface area contributed by atoms with E-state index < -0.39 is 0 Å². The normalized spacial score (nSPS) is 19.2. The van der Waals surface area contributed by atoms with Crippen LogP contribution in [0.25, 0.3) is 0 Å². The zero-order valence-electron chi connectivity index (χ0n) is 15.2. The number of benzene rings is 1. The van der Waals surface area contributed by atoms with Gasteiger partial charge in [0.2, 0.25) is 11.8 Å². The van der Waals surface area contributed by atoms with Gasteiger partial charge in [-0.2, -0.15) is 0 Å². The fourth-order valence-electron chi connectivity index (χ4n) is 4.06. The van der Waals surface area contributed by atoms with Gasteiger partial charge in [0.25, 0.3) is 0 Å². The highest BCUT2D eigenvalue weighted by atomic mass is 35.5. The molecule has 2 aliphatic rings. The van der Waals surface area contributed by atoms with Crippen molar-refractivity contribution < 1.29 is 9.59 Å². The smallest absolute Gasteiger partial charge is 0.245 e. The molecule has 1 atom stereocenters. The molecule has 3 rings (SSSR count). The molecule has 2 saturated heterocycles. The minimum absolute atomic E-state index is 0.00647. The SMILES string of the molecule is C=CC(=O)N1CC2(CCN(C(=O)[C@@H](CC=C(Cl)Cl)c3ccccc3)CC2)C1. The Balaban J connectivity index is 1.63. The summed E-state index contributed by atoms with van der Waals surface area (Å²) < 4.78 is 0.183. The Hall–Kier alpha value is -1.78. The van der Waals surface area contributed by atoms with Crippen LogP contribution in [-0.4, -0.2) is 47.8 Å². The van der Waals surface area contributed by atoms with Crippen molar-refractivity contribution in [2.24, 2.45) is 5.41 Å². The van der Waals surface area contributed by atoms with Crippen LogP contribution in [0.2, 0.25) is 0 Å². The van der Waals surface area contributed by atoms with Gasteiger partial charge in [0.05, 0.1) is 5.92 Å². The number of rotatable bonds is 5. The molecule has 2 aliphatic heterocycles. The molecule has 0 aliphatic carbocycles. The molecular weight excluding hydrogens is 383 g/mol. The maximum Gasteiger partial charge on any atom is 0.245 e. The standard InChI is InChI=1S/C21H24Cl2N2O2/c1-2-19(26)25-14-21(15-25)10-12-24(13-11-21)20(27)17(8-9-18(22)23)16-6-4-3-5-7-16/h2-7,9,17H,1,8,10-15H2/t17-/m0/s1. The van der Waals surface area contributed by atoms with Crippen molar-refractivity contribution in [2.75, 3.05) is 26.2 Å². The molecule has 1 aromatic rings. The van der Waals surface area contributed by atoms with Crippen LogP contribution in [0.5, 0.6) is 0 Å². The molecule has 2 fully saturated rings. The third-order valence-corrected chi connectivity index (χ3v) is 5.99. The first-order valence-electron chi connectivity index (χ1n) is 9.20. The number of nitrogens with zero attached hydrogens (tertiary/aromatic N) is 2. The Labute approximate surface area is 170 Å². The van der Waals surface area contributed by atoms with Crippen LogP contribution in [0.4, 0.5) is 0 Å². The van der Waals surface area contributed by atoms with E-state index in [0.717, 1.165) is 44.6 Å². The third kappa shape index (κ3) is 4.56. The molecule has 0 bridgehead atoms. The second kappa shape index (κ2) is 8.49. The minimum Gasteiger partial charge on any atom is -0.342 e. The molecule has 1 aromatic carbocycles. The fraction of sp³-hybridized carbons (Fsp3) is 0.429. The van der Waals surface area contributed by atoms with Crippen molar-refractivity contribution in [3.8, 4) is 0 Å². The molecule has 2 heterocycles. The molecule has 0 unspecified atom stereocenters. The van der Waals surface area contributed by atoms with E-state index in [-0.39, 0.29) is 27.6 Å². The van der Waals surface area contributed by atoms with Crippen LogP contribution >= 0.6 is 23.2 Å². The third-order valence-electron chi connectivity index (χ3n) is 5.68. The van der Waals surface area contributed by atoms with Gasteiger partial charge in [-0.3, -0.25) is 9.59 Å². The largest absolute Gasteiger partial charge is 0.342 e. The van der Waals surface area contributed by atoms with E-state index in [4.69, 9.17) is 23.2 Å². The Bertz CT molecular complexity index is 728. The summed E-state index contributed by atoms with van der Waals surface area (Å²) in [5, 5.41) is 0. The highest BCUT2D eigenvalue weighted by molar-refractivity contribution is 6.55. The fourth-order valence-corrected chi connectivity index (χ4v) is 4.24. The number of piperidine rings is 1. The zero-order valence-corrected chi connectivity index (χ0v) is 16.8. The number of hydrogen-bond donors (Lipinski definition) is 0. The molecular formula is C21H24Cl2N2O2. The van der Waals surface area contributed by atoms with Gasteiger partial charge in [-0.05, 0) is 30.9 Å². The van der Waals surface area contributed by atoms with Crippen LogP contribution in [0.15, 0.2) is 53.6 Å². The second-order valence-electron chi connectivity index (χ2n) is 7.42. The second-order valence-corrected chi connectivity index (χ2v) is 8.42. The van der Waals surface area contributed by atoms with Gasteiger partial charge in [-0.25, -0.2) is 0 Å². The predicted octanol–water partition coefficient (Wildman–Crippen LogP) is 4.12.